The van der Waals surface area contributed by atoms with E-state index in [2.05, 4.69) is 17.2 Å². The Morgan fingerprint density at radius 3 is 1.86 bits per heavy atom. The van der Waals surface area contributed by atoms with Crippen LogP contribution in [0.4, 0.5) is 11.4 Å². The van der Waals surface area contributed by atoms with Gasteiger partial charge in [0.15, 0.2) is 0 Å². The van der Waals surface area contributed by atoms with E-state index >= 15 is 0 Å². The van der Waals surface area contributed by atoms with E-state index in [1.165, 1.54) is 0 Å². The molecule has 0 atom stereocenters. The van der Waals surface area contributed by atoms with Crippen molar-refractivity contribution < 1.29 is 9.47 Å². The molecule has 22 heavy (non-hydrogen) atoms. The number of rotatable bonds is 8. The SMILES string of the molecule is CCSSCOc1ccc(N=Nc2ccc(OC)cc2)cc1. The van der Waals surface area contributed by atoms with Crippen molar-refractivity contribution in [2.24, 2.45) is 10.2 Å². The third kappa shape index (κ3) is 5.61. The van der Waals surface area contributed by atoms with Gasteiger partial charge in [-0.1, -0.05) is 28.5 Å². The van der Waals surface area contributed by atoms with Crippen molar-refractivity contribution >= 4 is 33.0 Å². The second-order valence-corrected chi connectivity index (χ2v) is 6.88. The van der Waals surface area contributed by atoms with Gasteiger partial charge in [-0.3, -0.25) is 0 Å². The highest BCUT2D eigenvalue weighted by molar-refractivity contribution is 8.76. The van der Waals surface area contributed by atoms with Crippen LogP contribution >= 0.6 is 21.6 Å². The molecule has 2 aromatic carbocycles. The van der Waals surface area contributed by atoms with Gasteiger partial charge in [-0.25, -0.2) is 0 Å². The minimum atomic E-state index is 0.644. The van der Waals surface area contributed by atoms with Gasteiger partial charge in [0.1, 0.15) is 17.4 Å². The molecule has 0 fully saturated rings. The Morgan fingerprint density at radius 2 is 1.36 bits per heavy atom. The van der Waals surface area contributed by atoms with Crippen LogP contribution in [-0.2, 0) is 0 Å². The van der Waals surface area contributed by atoms with Crippen LogP contribution in [0.15, 0.2) is 58.8 Å². The summed E-state index contributed by atoms with van der Waals surface area (Å²) >= 11 is 0. The molecule has 0 aromatic heterocycles. The maximum Gasteiger partial charge on any atom is 0.144 e. The van der Waals surface area contributed by atoms with Crippen LogP contribution in [0.5, 0.6) is 11.5 Å². The number of hydrogen-bond donors (Lipinski definition) is 0. The second-order valence-electron chi connectivity index (χ2n) is 4.18. The van der Waals surface area contributed by atoms with Crippen LogP contribution < -0.4 is 9.47 Å². The Morgan fingerprint density at radius 1 is 0.818 bits per heavy atom. The zero-order valence-electron chi connectivity index (χ0n) is 12.6. The standard InChI is InChI=1S/C16H18N2O2S2/c1-3-21-22-12-20-16-10-6-14(7-11-16)18-17-13-4-8-15(19-2)9-5-13/h4-11H,3,12H2,1-2H3. The fourth-order valence-electron chi connectivity index (χ4n) is 1.58. The lowest BCUT2D eigenvalue weighted by Crippen LogP contribution is -1.90. The Kier molecular flexibility index (Phi) is 7.12. The summed E-state index contributed by atoms with van der Waals surface area (Å²) < 4.78 is 10.7. The first-order valence-corrected chi connectivity index (χ1v) is 9.33. The summed E-state index contributed by atoms with van der Waals surface area (Å²) in [5, 5.41) is 8.39. The van der Waals surface area contributed by atoms with Crippen molar-refractivity contribution in [2.45, 2.75) is 6.92 Å². The average molecular weight is 334 g/mol. The normalized spacial score (nSPS) is 10.8. The molecule has 2 rings (SSSR count). The molecule has 0 spiro atoms. The zero-order valence-corrected chi connectivity index (χ0v) is 14.2. The molecule has 0 aliphatic rings. The molecule has 0 saturated carbocycles. The molecule has 0 unspecified atom stereocenters. The van der Waals surface area contributed by atoms with E-state index in [-0.39, 0.29) is 0 Å². The molecule has 0 bridgehead atoms. The van der Waals surface area contributed by atoms with Crippen LogP contribution in [-0.4, -0.2) is 18.8 Å². The number of hydrogen-bond acceptors (Lipinski definition) is 6. The lowest BCUT2D eigenvalue weighted by atomic mass is 10.3. The number of azo groups is 1. The minimum Gasteiger partial charge on any atom is -0.497 e. The van der Waals surface area contributed by atoms with Gasteiger partial charge in [0, 0.05) is 5.75 Å². The summed E-state index contributed by atoms with van der Waals surface area (Å²) in [6, 6.07) is 15.0. The summed E-state index contributed by atoms with van der Waals surface area (Å²) in [7, 11) is 5.13. The van der Waals surface area contributed by atoms with Crippen molar-refractivity contribution in [2.75, 3.05) is 18.8 Å². The van der Waals surface area contributed by atoms with Gasteiger partial charge < -0.3 is 9.47 Å². The zero-order chi connectivity index (χ0) is 15.6. The molecule has 0 saturated heterocycles. The number of nitrogens with zero attached hydrogens (tertiary/aromatic N) is 2. The third-order valence-electron chi connectivity index (χ3n) is 2.66. The van der Waals surface area contributed by atoms with E-state index in [1.807, 2.05) is 48.5 Å². The maximum atomic E-state index is 5.61. The van der Waals surface area contributed by atoms with Gasteiger partial charge in [0.05, 0.1) is 18.5 Å². The van der Waals surface area contributed by atoms with E-state index < -0.39 is 0 Å². The topological polar surface area (TPSA) is 43.2 Å². The van der Waals surface area contributed by atoms with E-state index in [9.17, 15) is 0 Å². The number of methoxy groups -OCH3 is 1. The molecule has 2 aromatic rings. The molecule has 4 nitrogen and oxygen atoms in total. The molecule has 0 N–H and O–H groups in total. The quantitative estimate of drug-likeness (QED) is 0.263. The second kappa shape index (κ2) is 9.38. The summed E-state index contributed by atoms with van der Waals surface area (Å²) in [5.74, 6) is 3.37. The van der Waals surface area contributed by atoms with Crippen molar-refractivity contribution in [3.8, 4) is 11.5 Å². The highest BCUT2D eigenvalue weighted by Gasteiger charge is 1.96. The first-order valence-electron chi connectivity index (χ1n) is 6.85. The first kappa shape index (κ1) is 16.7. The lowest BCUT2D eigenvalue weighted by Gasteiger charge is -2.04. The first-order chi connectivity index (χ1) is 10.8. The Labute approximate surface area is 138 Å². The van der Waals surface area contributed by atoms with Crippen LogP contribution in [0.1, 0.15) is 6.92 Å². The molecule has 0 amide bonds. The highest BCUT2D eigenvalue weighted by Crippen LogP contribution is 2.25. The van der Waals surface area contributed by atoms with E-state index in [1.54, 1.807) is 28.7 Å². The van der Waals surface area contributed by atoms with E-state index in [4.69, 9.17) is 9.47 Å². The molecule has 0 aliphatic carbocycles. The minimum absolute atomic E-state index is 0.644. The Bertz CT molecular complexity index is 586. The van der Waals surface area contributed by atoms with Gasteiger partial charge in [0.2, 0.25) is 0 Å². The number of ether oxygens (including phenoxy) is 2. The third-order valence-corrected chi connectivity index (χ3v) is 4.78. The smallest absolute Gasteiger partial charge is 0.144 e. The summed E-state index contributed by atoms with van der Waals surface area (Å²) in [6.45, 7) is 2.13. The van der Waals surface area contributed by atoms with E-state index in [0.717, 1.165) is 28.6 Å². The van der Waals surface area contributed by atoms with Crippen molar-refractivity contribution in [1.29, 1.82) is 0 Å². The van der Waals surface area contributed by atoms with Crippen LogP contribution in [0, 0.1) is 0 Å². The van der Waals surface area contributed by atoms with Gasteiger partial charge in [-0.2, -0.15) is 10.2 Å². The predicted octanol–water partition coefficient (Wildman–Crippen LogP) is 5.85. The summed E-state index contributed by atoms with van der Waals surface area (Å²) in [5.41, 5.74) is 1.58. The molecule has 0 radical (unpaired) electrons. The largest absolute Gasteiger partial charge is 0.497 e. The monoisotopic (exact) mass is 334 g/mol. The van der Waals surface area contributed by atoms with Gasteiger partial charge in [0.25, 0.3) is 0 Å². The summed E-state index contributed by atoms with van der Waals surface area (Å²) in [6.07, 6.45) is 0. The van der Waals surface area contributed by atoms with Crippen molar-refractivity contribution in [3.63, 3.8) is 0 Å². The Balaban J connectivity index is 1.88. The van der Waals surface area contributed by atoms with Crippen molar-refractivity contribution in [3.05, 3.63) is 48.5 Å². The Hall–Kier alpha value is -1.66. The maximum absolute atomic E-state index is 5.61. The van der Waals surface area contributed by atoms with Gasteiger partial charge in [-0.15, -0.1) is 0 Å². The average Bonchev–Trinajstić information content (AvgIpc) is 2.58. The number of benzene rings is 2. The summed E-state index contributed by atoms with van der Waals surface area (Å²) in [4.78, 5) is 0. The molecular formula is C16H18N2O2S2. The van der Waals surface area contributed by atoms with E-state index in [0.29, 0.717) is 5.94 Å². The van der Waals surface area contributed by atoms with Crippen LogP contribution in [0.25, 0.3) is 0 Å². The fraction of sp³-hybridized carbons (Fsp3) is 0.250. The van der Waals surface area contributed by atoms with Gasteiger partial charge in [-0.05, 0) is 48.5 Å². The molecule has 6 heteroatoms. The molecule has 0 aliphatic heterocycles. The fourth-order valence-corrected chi connectivity index (χ4v) is 2.85. The predicted molar refractivity (Wildman–Crippen MR) is 94.8 cm³/mol. The van der Waals surface area contributed by atoms with Gasteiger partial charge >= 0.3 is 0 Å². The molecular weight excluding hydrogens is 316 g/mol. The lowest BCUT2D eigenvalue weighted by molar-refractivity contribution is 0.394. The van der Waals surface area contributed by atoms with Crippen LogP contribution in [0.3, 0.4) is 0 Å². The van der Waals surface area contributed by atoms with Crippen molar-refractivity contribution in [1.82, 2.24) is 0 Å². The highest BCUT2D eigenvalue weighted by atomic mass is 33.1. The molecule has 116 valence electrons. The van der Waals surface area contributed by atoms with Crippen LogP contribution in [0.2, 0.25) is 0 Å². The molecule has 0 heterocycles.